The molecular formula is C18H18F3NO. The molecule has 0 saturated carbocycles. The summed E-state index contributed by atoms with van der Waals surface area (Å²) in [7, 11) is 0. The number of benzene rings is 2. The lowest BCUT2D eigenvalue weighted by Crippen LogP contribution is -2.34. The highest BCUT2D eigenvalue weighted by molar-refractivity contribution is 5.96. The molecule has 0 aromatic heterocycles. The lowest BCUT2D eigenvalue weighted by atomic mass is 10.0. The first-order valence-electron chi connectivity index (χ1n) is 7.39. The predicted molar refractivity (Wildman–Crippen MR) is 83.1 cm³/mol. The maximum Gasteiger partial charge on any atom is 0.417 e. The lowest BCUT2D eigenvalue weighted by Gasteiger charge is -2.16. The minimum Gasteiger partial charge on any atom is -0.350 e. The van der Waals surface area contributed by atoms with Gasteiger partial charge in [0.1, 0.15) is 0 Å². The quantitative estimate of drug-likeness (QED) is 0.866. The number of hydrogen-bond donors (Lipinski definition) is 1. The van der Waals surface area contributed by atoms with E-state index < -0.39 is 17.6 Å². The van der Waals surface area contributed by atoms with Crippen LogP contribution in [0.2, 0.25) is 0 Å². The standard InChI is InChI=1S/C18H18F3NO/c1-13(11-12-14-7-3-2-4-8-14)22-17(23)15-9-5-6-10-16(15)18(19,20)21/h2-10,13H,11-12H2,1H3,(H,22,23)/t13-/m1/s1. The molecular weight excluding hydrogens is 303 g/mol. The van der Waals surface area contributed by atoms with Gasteiger partial charge in [-0.15, -0.1) is 0 Å². The molecule has 1 atom stereocenters. The maximum absolute atomic E-state index is 12.9. The Morgan fingerprint density at radius 2 is 1.65 bits per heavy atom. The Balaban J connectivity index is 1.99. The first kappa shape index (κ1) is 17.1. The van der Waals surface area contributed by atoms with Crippen LogP contribution in [0.3, 0.4) is 0 Å². The van der Waals surface area contributed by atoms with Gasteiger partial charge in [0.05, 0.1) is 11.1 Å². The largest absolute Gasteiger partial charge is 0.417 e. The van der Waals surface area contributed by atoms with Gasteiger partial charge in [-0.25, -0.2) is 0 Å². The third-order valence-corrected chi connectivity index (χ3v) is 3.56. The maximum atomic E-state index is 12.9. The molecule has 0 heterocycles. The molecule has 0 bridgehead atoms. The number of aryl methyl sites for hydroxylation is 1. The number of halogens is 3. The smallest absolute Gasteiger partial charge is 0.350 e. The predicted octanol–water partition coefficient (Wildman–Crippen LogP) is 4.46. The van der Waals surface area contributed by atoms with E-state index in [-0.39, 0.29) is 11.6 Å². The number of amides is 1. The van der Waals surface area contributed by atoms with Gasteiger partial charge in [-0.2, -0.15) is 13.2 Å². The molecule has 2 aromatic rings. The molecule has 0 aliphatic carbocycles. The second-order valence-corrected chi connectivity index (χ2v) is 5.44. The summed E-state index contributed by atoms with van der Waals surface area (Å²) >= 11 is 0. The van der Waals surface area contributed by atoms with Crippen LogP contribution in [0.15, 0.2) is 54.6 Å². The highest BCUT2D eigenvalue weighted by atomic mass is 19.4. The van der Waals surface area contributed by atoms with Crippen molar-refractivity contribution in [2.45, 2.75) is 32.0 Å². The Bertz CT molecular complexity index is 653. The third-order valence-electron chi connectivity index (χ3n) is 3.56. The van der Waals surface area contributed by atoms with Crippen LogP contribution >= 0.6 is 0 Å². The minimum absolute atomic E-state index is 0.219. The molecule has 2 aromatic carbocycles. The summed E-state index contributed by atoms with van der Waals surface area (Å²) in [6.45, 7) is 1.79. The van der Waals surface area contributed by atoms with Crippen molar-refractivity contribution in [3.05, 3.63) is 71.3 Å². The fraction of sp³-hybridized carbons (Fsp3) is 0.278. The molecule has 2 rings (SSSR count). The molecule has 2 nitrogen and oxygen atoms in total. The van der Waals surface area contributed by atoms with Crippen LogP contribution in [0.4, 0.5) is 13.2 Å². The van der Waals surface area contributed by atoms with Crippen LogP contribution in [0, 0.1) is 0 Å². The second kappa shape index (κ2) is 7.31. The van der Waals surface area contributed by atoms with E-state index >= 15 is 0 Å². The van der Waals surface area contributed by atoms with Crippen LogP contribution < -0.4 is 5.32 Å². The molecule has 0 radical (unpaired) electrons. The summed E-state index contributed by atoms with van der Waals surface area (Å²) in [4.78, 5) is 12.1. The summed E-state index contributed by atoms with van der Waals surface area (Å²) in [5.41, 5.74) is -0.122. The van der Waals surface area contributed by atoms with Crippen molar-refractivity contribution in [3.8, 4) is 0 Å². The SMILES string of the molecule is C[C@H](CCc1ccccc1)NC(=O)c1ccccc1C(F)(F)F. The van der Waals surface area contributed by atoms with Crippen LogP contribution in [-0.4, -0.2) is 11.9 Å². The molecule has 0 aliphatic heterocycles. The molecule has 1 N–H and O–H groups in total. The fourth-order valence-corrected chi connectivity index (χ4v) is 2.33. The van der Waals surface area contributed by atoms with Crippen molar-refractivity contribution in [3.63, 3.8) is 0 Å². The highest BCUT2D eigenvalue weighted by Crippen LogP contribution is 2.31. The molecule has 5 heteroatoms. The van der Waals surface area contributed by atoms with E-state index in [4.69, 9.17) is 0 Å². The Hall–Kier alpha value is -2.30. The second-order valence-electron chi connectivity index (χ2n) is 5.44. The average molecular weight is 321 g/mol. The van der Waals surface area contributed by atoms with Crippen LogP contribution in [0.25, 0.3) is 0 Å². The van der Waals surface area contributed by atoms with Crippen LogP contribution in [-0.2, 0) is 12.6 Å². The topological polar surface area (TPSA) is 29.1 Å². The molecule has 0 unspecified atom stereocenters. The summed E-state index contributed by atoms with van der Waals surface area (Å²) in [6, 6.07) is 14.3. The first-order valence-corrected chi connectivity index (χ1v) is 7.39. The molecule has 0 saturated heterocycles. The van der Waals surface area contributed by atoms with Gasteiger partial charge in [0.2, 0.25) is 0 Å². The Labute approximate surface area is 133 Å². The van der Waals surface area contributed by atoms with E-state index in [1.807, 2.05) is 30.3 Å². The number of carbonyl (C=O) groups excluding carboxylic acids is 1. The molecule has 23 heavy (non-hydrogen) atoms. The molecule has 1 amide bonds. The fourth-order valence-electron chi connectivity index (χ4n) is 2.33. The van der Waals surface area contributed by atoms with Gasteiger partial charge < -0.3 is 5.32 Å². The molecule has 0 aliphatic rings. The van der Waals surface area contributed by atoms with E-state index in [9.17, 15) is 18.0 Å². The number of nitrogens with one attached hydrogen (secondary N) is 1. The van der Waals surface area contributed by atoms with E-state index in [2.05, 4.69) is 5.32 Å². The molecule has 122 valence electrons. The zero-order chi connectivity index (χ0) is 16.9. The average Bonchev–Trinajstić information content (AvgIpc) is 2.53. The summed E-state index contributed by atoms with van der Waals surface area (Å²) < 4.78 is 38.8. The van der Waals surface area contributed by atoms with Gasteiger partial charge in [0, 0.05) is 6.04 Å². The molecule has 0 fully saturated rings. The zero-order valence-electron chi connectivity index (χ0n) is 12.7. The summed E-state index contributed by atoms with van der Waals surface area (Å²) in [5, 5.41) is 2.64. The van der Waals surface area contributed by atoms with Crippen molar-refractivity contribution in [2.75, 3.05) is 0 Å². The van der Waals surface area contributed by atoms with Crippen LogP contribution in [0.5, 0.6) is 0 Å². The van der Waals surface area contributed by atoms with Gasteiger partial charge in [-0.05, 0) is 37.5 Å². The van der Waals surface area contributed by atoms with Gasteiger partial charge >= 0.3 is 6.18 Å². The lowest BCUT2D eigenvalue weighted by molar-refractivity contribution is -0.137. The van der Waals surface area contributed by atoms with E-state index in [0.717, 1.165) is 18.1 Å². The highest BCUT2D eigenvalue weighted by Gasteiger charge is 2.34. The zero-order valence-corrected chi connectivity index (χ0v) is 12.7. The van der Waals surface area contributed by atoms with E-state index in [1.54, 1.807) is 6.92 Å². The van der Waals surface area contributed by atoms with Crippen molar-refractivity contribution in [1.29, 1.82) is 0 Å². The monoisotopic (exact) mass is 321 g/mol. The summed E-state index contributed by atoms with van der Waals surface area (Å²) in [5.74, 6) is -0.696. The van der Waals surface area contributed by atoms with E-state index in [1.165, 1.54) is 18.2 Å². The Kier molecular flexibility index (Phi) is 5.42. The van der Waals surface area contributed by atoms with Gasteiger partial charge in [-0.1, -0.05) is 42.5 Å². The molecule has 0 spiro atoms. The van der Waals surface area contributed by atoms with Crippen molar-refractivity contribution < 1.29 is 18.0 Å². The number of carbonyl (C=O) groups is 1. The Morgan fingerprint density at radius 3 is 2.30 bits per heavy atom. The Morgan fingerprint density at radius 1 is 1.04 bits per heavy atom. The minimum atomic E-state index is -4.54. The van der Waals surface area contributed by atoms with Gasteiger partial charge in [0.15, 0.2) is 0 Å². The number of hydrogen-bond acceptors (Lipinski definition) is 1. The van der Waals surface area contributed by atoms with Crippen molar-refractivity contribution in [2.24, 2.45) is 0 Å². The summed E-state index contributed by atoms with van der Waals surface area (Å²) in [6.07, 6.45) is -3.13. The number of rotatable bonds is 5. The van der Waals surface area contributed by atoms with Crippen molar-refractivity contribution >= 4 is 5.91 Å². The normalized spacial score (nSPS) is 12.7. The third kappa shape index (κ3) is 4.84. The van der Waals surface area contributed by atoms with Crippen LogP contribution in [0.1, 0.15) is 34.8 Å². The first-order chi connectivity index (χ1) is 10.9. The van der Waals surface area contributed by atoms with Gasteiger partial charge in [0.25, 0.3) is 5.91 Å². The number of alkyl halides is 3. The van der Waals surface area contributed by atoms with Gasteiger partial charge in [-0.3, -0.25) is 4.79 Å². The van der Waals surface area contributed by atoms with E-state index in [0.29, 0.717) is 6.42 Å². The van der Waals surface area contributed by atoms with Crippen molar-refractivity contribution in [1.82, 2.24) is 5.32 Å².